The van der Waals surface area contributed by atoms with Gasteiger partial charge in [0, 0.05) is 34.9 Å². The number of furan rings is 1. The summed E-state index contributed by atoms with van der Waals surface area (Å²) >= 11 is 0. The van der Waals surface area contributed by atoms with Crippen molar-refractivity contribution in [2.45, 2.75) is 20.3 Å². The molecule has 0 fully saturated rings. The highest BCUT2D eigenvalue weighted by atomic mass is 16.6. The van der Waals surface area contributed by atoms with E-state index in [0.29, 0.717) is 29.8 Å². The third kappa shape index (κ3) is 1.92. The third-order valence-electron chi connectivity index (χ3n) is 4.53. The van der Waals surface area contributed by atoms with E-state index in [1.165, 1.54) is 11.0 Å². The molecule has 1 aliphatic rings. The van der Waals surface area contributed by atoms with Crippen molar-refractivity contribution in [1.29, 1.82) is 0 Å². The summed E-state index contributed by atoms with van der Waals surface area (Å²) in [7, 11) is 0. The average molecular weight is 324 g/mol. The lowest BCUT2D eigenvalue weighted by molar-refractivity contribution is -0.383. The van der Waals surface area contributed by atoms with Gasteiger partial charge < -0.3 is 9.32 Å². The highest BCUT2D eigenvalue weighted by Crippen LogP contribution is 2.45. The van der Waals surface area contributed by atoms with E-state index in [1.807, 2.05) is 24.3 Å². The third-order valence-corrected chi connectivity index (χ3v) is 4.53. The van der Waals surface area contributed by atoms with Gasteiger partial charge >= 0.3 is 0 Å². The van der Waals surface area contributed by atoms with E-state index in [9.17, 15) is 14.9 Å². The van der Waals surface area contributed by atoms with Crippen molar-refractivity contribution < 1.29 is 14.1 Å². The molecular weight excluding hydrogens is 308 g/mol. The number of nitrogens with zero attached hydrogens (tertiary/aromatic N) is 2. The first-order valence-electron chi connectivity index (χ1n) is 7.92. The molecular formula is C18H16N2O4. The normalized spacial score (nSPS) is 13.9. The first kappa shape index (κ1) is 14.7. The molecule has 0 bridgehead atoms. The Labute approximate surface area is 137 Å². The summed E-state index contributed by atoms with van der Waals surface area (Å²) in [6, 6.07) is 9.02. The summed E-state index contributed by atoms with van der Waals surface area (Å²) in [6.07, 6.45) is 0.561. The molecule has 0 atom stereocenters. The van der Waals surface area contributed by atoms with Crippen LogP contribution in [0.4, 0.5) is 11.4 Å². The number of benzene rings is 2. The topological polar surface area (TPSA) is 76.6 Å². The van der Waals surface area contributed by atoms with E-state index < -0.39 is 4.92 Å². The van der Waals surface area contributed by atoms with Crippen LogP contribution in [0.15, 0.2) is 34.7 Å². The molecule has 0 aliphatic carbocycles. The van der Waals surface area contributed by atoms with Crippen LogP contribution in [0.25, 0.3) is 21.9 Å². The summed E-state index contributed by atoms with van der Waals surface area (Å²) in [6.45, 7) is 4.04. The van der Waals surface area contributed by atoms with E-state index in [1.54, 1.807) is 13.8 Å². The van der Waals surface area contributed by atoms with Crippen LogP contribution >= 0.6 is 0 Å². The summed E-state index contributed by atoms with van der Waals surface area (Å²) in [5.41, 5.74) is 2.46. The quantitative estimate of drug-likeness (QED) is 0.526. The Hall–Kier alpha value is -2.89. The van der Waals surface area contributed by atoms with Gasteiger partial charge in [0.25, 0.3) is 5.69 Å². The van der Waals surface area contributed by atoms with Crippen molar-refractivity contribution in [3.8, 4) is 0 Å². The van der Waals surface area contributed by atoms with Gasteiger partial charge in [0.2, 0.25) is 5.91 Å². The van der Waals surface area contributed by atoms with Crippen LogP contribution in [0.1, 0.15) is 19.4 Å². The summed E-state index contributed by atoms with van der Waals surface area (Å²) in [5.74, 6) is -0.325. The van der Waals surface area contributed by atoms with Gasteiger partial charge in [0.05, 0.1) is 4.92 Å². The average Bonchev–Trinajstić information content (AvgIpc) is 3.14. The number of anilines is 1. The molecule has 1 aromatic heterocycles. The van der Waals surface area contributed by atoms with E-state index in [4.69, 9.17) is 4.42 Å². The highest BCUT2D eigenvalue weighted by Gasteiger charge is 2.36. The SMILES string of the molecule is CC(C)C(=O)N1CCc2c1c([N+](=O)[O-])cc1c2oc2ccccc21. The van der Waals surface area contributed by atoms with Crippen molar-refractivity contribution >= 4 is 39.2 Å². The van der Waals surface area contributed by atoms with Gasteiger partial charge in [-0.15, -0.1) is 0 Å². The maximum Gasteiger partial charge on any atom is 0.294 e. The number of hydrogen-bond acceptors (Lipinski definition) is 4. The Bertz CT molecular complexity index is 1000. The van der Waals surface area contributed by atoms with E-state index in [0.717, 1.165) is 16.3 Å². The number of carbonyl (C=O) groups excluding carboxylic acids is 1. The molecule has 1 amide bonds. The van der Waals surface area contributed by atoms with Crippen LogP contribution in [0.5, 0.6) is 0 Å². The zero-order chi connectivity index (χ0) is 17.0. The molecule has 0 saturated carbocycles. The van der Waals surface area contributed by atoms with Crippen molar-refractivity contribution in [2.24, 2.45) is 5.92 Å². The molecule has 0 unspecified atom stereocenters. The number of amides is 1. The zero-order valence-corrected chi connectivity index (χ0v) is 13.4. The van der Waals surface area contributed by atoms with Gasteiger partial charge in [-0.05, 0) is 12.5 Å². The summed E-state index contributed by atoms with van der Waals surface area (Å²) < 4.78 is 5.96. The van der Waals surface area contributed by atoms with Gasteiger partial charge in [0.1, 0.15) is 16.9 Å². The number of rotatable bonds is 2. The van der Waals surface area contributed by atoms with Gasteiger partial charge in [-0.2, -0.15) is 0 Å². The molecule has 2 heterocycles. The predicted octanol–water partition coefficient (Wildman–Crippen LogP) is 4.04. The Kier molecular flexibility index (Phi) is 3.09. The molecule has 0 saturated heterocycles. The second-order valence-electron chi connectivity index (χ2n) is 6.35. The van der Waals surface area contributed by atoms with Gasteiger partial charge in [-0.1, -0.05) is 32.0 Å². The van der Waals surface area contributed by atoms with Crippen molar-refractivity contribution in [3.05, 3.63) is 46.0 Å². The van der Waals surface area contributed by atoms with Crippen LogP contribution in [0, 0.1) is 16.0 Å². The summed E-state index contributed by atoms with van der Waals surface area (Å²) in [5, 5.41) is 13.2. The Morgan fingerprint density at radius 2 is 2.04 bits per heavy atom. The van der Waals surface area contributed by atoms with Gasteiger partial charge in [0.15, 0.2) is 0 Å². The minimum Gasteiger partial charge on any atom is -0.456 e. The first-order valence-corrected chi connectivity index (χ1v) is 7.92. The zero-order valence-electron chi connectivity index (χ0n) is 13.4. The van der Waals surface area contributed by atoms with Gasteiger partial charge in [-0.25, -0.2) is 0 Å². The first-order chi connectivity index (χ1) is 11.5. The lowest BCUT2D eigenvalue weighted by Crippen LogP contribution is -2.32. The molecule has 4 rings (SSSR count). The minimum absolute atomic E-state index is 0.0319. The van der Waals surface area contributed by atoms with E-state index >= 15 is 0 Å². The minimum atomic E-state index is -0.411. The number of fused-ring (bicyclic) bond motifs is 5. The number of carbonyl (C=O) groups is 1. The molecule has 0 N–H and O–H groups in total. The maximum absolute atomic E-state index is 12.5. The van der Waals surface area contributed by atoms with Crippen LogP contribution in [-0.4, -0.2) is 17.4 Å². The standard InChI is InChI=1S/C18H16N2O4/c1-10(2)18(21)19-8-7-12-16(19)14(20(22)23)9-13-11-5-3-4-6-15(11)24-17(12)13/h3-6,9-10H,7-8H2,1-2H3. The number of nitro benzene ring substituents is 1. The second kappa shape index (κ2) is 5.06. The molecule has 0 spiro atoms. The molecule has 0 radical (unpaired) electrons. The molecule has 3 aromatic rings. The smallest absolute Gasteiger partial charge is 0.294 e. The highest BCUT2D eigenvalue weighted by molar-refractivity contribution is 6.11. The van der Waals surface area contributed by atoms with Crippen molar-refractivity contribution in [3.63, 3.8) is 0 Å². The van der Waals surface area contributed by atoms with Crippen LogP contribution in [-0.2, 0) is 11.2 Å². The summed E-state index contributed by atoms with van der Waals surface area (Å²) in [4.78, 5) is 25.2. The number of para-hydroxylation sites is 1. The van der Waals surface area contributed by atoms with Crippen LogP contribution in [0.3, 0.4) is 0 Å². The van der Waals surface area contributed by atoms with Gasteiger partial charge in [-0.3, -0.25) is 14.9 Å². The fourth-order valence-electron chi connectivity index (χ4n) is 3.44. The Morgan fingerprint density at radius 1 is 1.29 bits per heavy atom. The fraction of sp³-hybridized carbons (Fsp3) is 0.278. The molecule has 6 nitrogen and oxygen atoms in total. The maximum atomic E-state index is 12.5. The van der Waals surface area contributed by atoms with E-state index in [2.05, 4.69) is 0 Å². The molecule has 6 heteroatoms. The van der Waals surface area contributed by atoms with Crippen molar-refractivity contribution in [2.75, 3.05) is 11.4 Å². The van der Waals surface area contributed by atoms with Crippen LogP contribution in [0.2, 0.25) is 0 Å². The fourth-order valence-corrected chi connectivity index (χ4v) is 3.44. The monoisotopic (exact) mass is 324 g/mol. The second-order valence-corrected chi connectivity index (χ2v) is 6.35. The largest absolute Gasteiger partial charge is 0.456 e. The Balaban J connectivity index is 2.07. The molecule has 24 heavy (non-hydrogen) atoms. The van der Waals surface area contributed by atoms with Crippen LogP contribution < -0.4 is 4.90 Å². The number of nitro groups is 1. The number of hydrogen-bond donors (Lipinski definition) is 0. The predicted molar refractivity (Wildman–Crippen MR) is 91.3 cm³/mol. The Morgan fingerprint density at radius 3 is 2.75 bits per heavy atom. The molecule has 122 valence electrons. The van der Waals surface area contributed by atoms with Crippen molar-refractivity contribution in [1.82, 2.24) is 0 Å². The molecule has 2 aromatic carbocycles. The van der Waals surface area contributed by atoms with E-state index in [-0.39, 0.29) is 17.5 Å². The lowest BCUT2D eigenvalue weighted by atomic mass is 10.0. The molecule has 1 aliphatic heterocycles. The lowest BCUT2D eigenvalue weighted by Gasteiger charge is -2.19.